The molecule has 0 aromatic heterocycles. The minimum Gasteiger partial charge on any atom is -0.393 e. The molecule has 3 fully saturated rings. The van der Waals surface area contributed by atoms with Crippen molar-refractivity contribution in [3.63, 3.8) is 0 Å². The van der Waals surface area contributed by atoms with Crippen LogP contribution >= 0.6 is 0 Å². The van der Waals surface area contributed by atoms with E-state index in [0.29, 0.717) is 19.8 Å². The lowest BCUT2D eigenvalue weighted by molar-refractivity contribution is -0.130. The van der Waals surface area contributed by atoms with Crippen molar-refractivity contribution in [3.05, 3.63) is 0 Å². The molecule has 142 valence electrons. The third-order valence-corrected chi connectivity index (χ3v) is 5.83. The van der Waals surface area contributed by atoms with E-state index < -0.39 is 5.54 Å². The molecule has 3 amide bonds. The number of aliphatic hydroxyl groups is 1. The summed E-state index contributed by atoms with van der Waals surface area (Å²) < 4.78 is 5.67. The van der Waals surface area contributed by atoms with Crippen LogP contribution in [0.25, 0.3) is 0 Å². The van der Waals surface area contributed by atoms with Crippen molar-refractivity contribution in [2.45, 2.75) is 63.6 Å². The summed E-state index contributed by atoms with van der Waals surface area (Å²) in [6.07, 6.45) is 4.71. The number of rotatable bonds is 5. The molecule has 0 bridgehead atoms. The molecule has 3 rings (SSSR count). The van der Waals surface area contributed by atoms with Crippen molar-refractivity contribution >= 4 is 11.9 Å². The van der Waals surface area contributed by atoms with Crippen molar-refractivity contribution in [1.29, 1.82) is 0 Å². The number of aliphatic hydroxyl groups excluding tert-OH is 1. The van der Waals surface area contributed by atoms with Gasteiger partial charge in [0.1, 0.15) is 5.54 Å². The number of urea groups is 1. The Labute approximate surface area is 149 Å². The van der Waals surface area contributed by atoms with E-state index in [9.17, 15) is 14.7 Å². The third kappa shape index (κ3) is 3.99. The molecule has 3 aliphatic rings. The molecule has 0 spiro atoms. The lowest BCUT2D eigenvalue weighted by Crippen LogP contribution is -2.53. The zero-order valence-corrected chi connectivity index (χ0v) is 15.4. The summed E-state index contributed by atoms with van der Waals surface area (Å²) in [5.41, 5.74) is -0.801. The van der Waals surface area contributed by atoms with Crippen LogP contribution in [0.5, 0.6) is 0 Å². The molecule has 1 saturated carbocycles. The van der Waals surface area contributed by atoms with Gasteiger partial charge in [0.05, 0.1) is 19.3 Å². The maximum absolute atomic E-state index is 12.3. The van der Waals surface area contributed by atoms with Gasteiger partial charge in [0.2, 0.25) is 0 Å². The Morgan fingerprint density at radius 2 is 2.00 bits per heavy atom. The van der Waals surface area contributed by atoms with E-state index in [1.807, 2.05) is 0 Å². The second-order valence-corrected chi connectivity index (χ2v) is 8.06. The average Bonchev–Trinajstić information content (AvgIpc) is 2.77. The number of carbonyl (C=O) groups is 2. The second kappa shape index (κ2) is 7.60. The zero-order valence-electron chi connectivity index (χ0n) is 15.4. The molecule has 2 N–H and O–H groups in total. The van der Waals surface area contributed by atoms with Gasteiger partial charge in [-0.1, -0.05) is 12.8 Å². The molecule has 0 aromatic carbocycles. The first kappa shape index (κ1) is 18.6. The molecular weight excluding hydrogens is 322 g/mol. The summed E-state index contributed by atoms with van der Waals surface area (Å²) in [5.74, 6) is 0.114. The molecule has 3 unspecified atom stereocenters. The standard InChI is InChI=1S/C18H31N3O4/c1-18(2)16(23)21(17(24)19-18)9-5-8-20-10-11-25-12-14(20)13-6-3-4-7-15(13)22/h13-15,22H,3-12H2,1-2H3,(H,19,24). The summed E-state index contributed by atoms with van der Waals surface area (Å²) in [6, 6.07) is -0.0557. The van der Waals surface area contributed by atoms with E-state index in [4.69, 9.17) is 4.74 Å². The largest absolute Gasteiger partial charge is 0.393 e. The zero-order chi connectivity index (χ0) is 18.0. The maximum atomic E-state index is 12.3. The number of morpholine rings is 1. The van der Waals surface area contributed by atoms with Crippen LogP contribution in [0.4, 0.5) is 4.79 Å². The Hall–Kier alpha value is -1.18. The van der Waals surface area contributed by atoms with Crippen molar-refractivity contribution in [2.24, 2.45) is 5.92 Å². The average molecular weight is 353 g/mol. The van der Waals surface area contributed by atoms with Crippen LogP contribution in [-0.4, -0.2) is 77.4 Å². The van der Waals surface area contributed by atoms with Crippen molar-refractivity contribution < 1.29 is 19.4 Å². The van der Waals surface area contributed by atoms with E-state index in [1.54, 1.807) is 13.8 Å². The second-order valence-electron chi connectivity index (χ2n) is 8.06. The van der Waals surface area contributed by atoms with Crippen LogP contribution in [0.15, 0.2) is 0 Å². The van der Waals surface area contributed by atoms with E-state index in [1.165, 1.54) is 11.3 Å². The van der Waals surface area contributed by atoms with Crippen LogP contribution in [0.2, 0.25) is 0 Å². The van der Waals surface area contributed by atoms with Gasteiger partial charge in [-0.05, 0) is 33.1 Å². The molecule has 7 heteroatoms. The fraction of sp³-hybridized carbons (Fsp3) is 0.889. The highest BCUT2D eigenvalue weighted by Crippen LogP contribution is 2.31. The number of hydrogen-bond acceptors (Lipinski definition) is 5. The predicted octanol–water partition coefficient (Wildman–Crippen LogP) is 0.959. The molecular formula is C18H31N3O4. The highest BCUT2D eigenvalue weighted by atomic mass is 16.5. The van der Waals surface area contributed by atoms with Crippen LogP contribution < -0.4 is 5.32 Å². The predicted molar refractivity (Wildman–Crippen MR) is 93.1 cm³/mol. The Bertz CT molecular complexity index is 511. The van der Waals surface area contributed by atoms with Crippen molar-refractivity contribution in [3.8, 4) is 0 Å². The Morgan fingerprint density at radius 1 is 1.24 bits per heavy atom. The van der Waals surface area contributed by atoms with Crippen molar-refractivity contribution in [1.82, 2.24) is 15.1 Å². The van der Waals surface area contributed by atoms with Gasteiger partial charge in [-0.25, -0.2) is 4.79 Å². The number of hydrogen-bond donors (Lipinski definition) is 2. The Morgan fingerprint density at radius 3 is 2.68 bits per heavy atom. The number of carbonyl (C=O) groups excluding carboxylic acids is 2. The monoisotopic (exact) mass is 353 g/mol. The van der Waals surface area contributed by atoms with E-state index >= 15 is 0 Å². The highest BCUT2D eigenvalue weighted by Gasteiger charge is 2.44. The molecule has 2 heterocycles. The molecule has 2 saturated heterocycles. The van der Waals surface area contributed by atoms with Gasteiger partial charge in [0.15, 0.2) is 0 Å². The lowest BCUT2D eigenvalue weighted by atomic mass is 9.80. The third-order valence-electron chi connectivity index (χ3n) is 5.83. The number of imide groups is 1. The van der Waals surface area contributed by atoms with Gasteiger partial charge in [-0.2, -0.15) is 0 Å². The minimum absolute atomic E-state index is 0.154. The number of amides is 3. The van der Waals surface area contributed by atoms with E-state index in [2.05, 4.69) is 10.2 Å². The molecule has 0 radical (unpaired) electrons. The lowest BCUT2D eigenvalue weighted by Gasteiger charge is -2.43. The summed E-state index contributed by atoms with van der Waals surface area (Å²) in [6.45, 7) is 6.93. The van der Waals surface area contributed by atoms with Gasteiger partial charge in [-0.3, -0.25) is 14.6 Å². The summed E-state index contributed by atoms with van der Waals surface area (Å²) in [7, 11) is 0. The van der Waals surface area contributed by atoms with E-state index in [0.717, 1.165) is 38.8 Å². The molecule has 3 atom stereocenters. The first-order valence-corrected chi connectivity index (χ1v) is 9.54. The molecule has 1 aliphatic carbocycles. The topological polar surface area (TPSA) is 82.1 Å². The normalized spacial score (nSPS) is 33.6. The smallest absolute Gasteiger partial charge is 0.325 e. The molecule has 25 heavy (non-hydrogen) atoms. The van der Waals surface area contributed by atoms with Crippen LogP contribution in [0.3, 0.4) is 0 Å². The van der Waals surface area contributed by atoms with Crippen LogP contribution in [0, 0.1) is 5.92 Å². The summed E-state index contributed by atoms with van der Waals surface area (Å²) in [4.78, 5) is 27.9. The molecule has 7 nitrogen and oxygen atoms in total. The SMILES string of the molecule is CC1(C)NC(=O)N(CCCN2CCOCC2C2CCCCC2O)C1=O. The van der Waals surface area contributed by atoms with Crippen molar-refractivity contribution in [2.75, 3.05) is 32.8 Å². The highest BCUT2D eigenvalue weighted by molar-refractivity contribution is 6.06. The van der Waals surface area contributed by atoms with Gasteiger partial charge in [-0.15, -0.1) is 0 Å². The maximum Gasteiger partial charge on any atom is 0.325 e. The summed E-state index contributed by atoms with van der Waals surface area (Å²) >= 11 is 0. The first-order chi connectivity index (χ1) is 11.9. The van der Waals surface area contributed by atoms with Gasteiger partial charge < -0.3 is 15.2 Å². The Kier molecular flexibility index (Phi) is 5.65. The summed E-state index contributed by atoms with van der Waals surface area (Å²) in [5, 5.41) is 13.1. The van der Waals surface area contributed by atoms with Gasteiger partial charge in [0, 0.05) is 31.6 Å². The minimum atomic E-state index is -0.801. The fourth-order valence-electron chi connectivity index (χ4n) is 4.37. The van der Waals surface area contributed by atoms with Gasteiger partial charge >= 0.3 is 6.03 Å². The number of nitrogens with one attached hydrogen (secondary N) is 1. The quantitative estimate of drug-likeness (QED) is 0.720. The first-order valence-electron chi connectivity index (χ1n) is 9.54. The van der Waals surface area contributed by atoms with Crippen LogP contribution in [0.1, 0.15) is 46.0 Å². The molecule has 0 aromatic rings. The molecule has 2 aliphatic heterocycles. The van der Waals surface area contributed by atoms with Gasteiger partial charge in [0.25, 0.3) is 5.91 Å². The van der Waals surface area contributed by atoms with E-state index in [-0.39, 0.29) is 30.0 Å². The fourth-order valence-corrected chi connectivity index (χ4v) is 4.37. The number of ether oxygens (including phenoxy) is 1. The number of nitrogens with zero attached hydrogens (tertiary/aromatic N) is 2. The van der Waals surface area contributed by atoms with Crippen LogP contribution in [-0.2, 0) is 9.53 Å². The Balaban J connectivity index is 1.54.